The van der Waals surface area contributed by atoms with Crippen molar-refractivity contribution in [2.75, 3.05) is 13.1 Å². The molecule has 0 aliphatic heterocycles. The van der Waals surface area contributed by atoms with E-state index in [2.05, 4.69) is 32.7 Å². The van der Waals surface area contributed by atoms with Crippen molar-refractivity contribution < 1.29 is 4.79 Å². The number of carbonyl (C=O) groups is 1. The smallest absolute Gasteiger partial charge is 0.224 e. The molecule has 0 bridgehead atoms. The summed E-state index contributed by atoms with van der Waals surface area (Å²) >= 11 is 0. The summed E-state index contributed by atoms with van der Waals surface area (Å²) in [5.74, 6) is 0.209. The van der Waals surface area contributed by atoms with E-state index in [-0.39, 0.29) is 11.4 Å². The number of hydrogen-bond acceptors (Lipinski definition) is 2. The second-order valence-corrected chi connectivity index (χ2v) is 5.44. The van der Waals surface area contributed by atoms with E-state index in [9.17, 15) is 4.79 Å². The molecule has 16 heavy (non-hydrogen) atoms. The minimum absolute atomic E-state index is 0.120. The van der Waals surface area contributed by atoms with Crippen LogP contribution >= 0.6 is 0 Å². The predicted octanol–water partition coefficient (Wildman–Crippen LogP) is 1.94. The van der Waals surface area contributed by atoms with E-state index in [1.54, 1.807) is 6.08 Å². The summed E-state index contributed by atoms with van der Waals surface area (Å²) in [4.78, 5) is 13.9. The Kier molecular flexibility index (Phi) is 4.54. The molecular formula is C13H24N2O. The first-order valence-electron chi connectivity index (χ1n) is 6.10. The third kappa shape index (κ3) is 4.35. The average molecular weight is 224 g/mol. The van der Waals surface area contributed by atoms with Crippen molar-refractivity contribution >= 4 is 5.91 Å². The molecule has 1 saturated carbocycles. The largest absolute Gasteiger partial charge is 0.334 e. The van der Waals surface area contributed by atoms with Crippen LogP contribution in [0.15, 0.2) is 12.7 Å². The van der Waals surface area contributed by atoms with Gasteiger partial charge in [-0.05, 0) is 33.6 Å². The summed E-state index contributed by atoms with van der Waals surface area (Å²) in [6, 6.07) is 0.676. The highest BCUT2D eigenvalue weighted by Gasteiger charge is 2.25. The third-order valence-electron chi connectivity index (χ3n) is 2.77. The lowest BCUT2D eigenvalue weighted by Gasteiger charge is -2.35. The highest BCUT2D eigenvalue weighted by Crippen LogP contribution is 2.19. The maximum atomic E-state index is 12.0. The van der Waals surface area contributed by atoms with Crippen molar-refractivity contribution in [2.45, 2.75) is 51.6 Å². The molecule has 0 aromatic heterocycles. The van der Waals surface area contributed by atoms with Crippen molar-refractivity contribution in [1.82, 2.24) is 10.2 Å². The van der Waals surface area contributed by atoms with E-state index in [1.165, 1.54) is 12.8 Å². The molecule has 0 aromatic carbocycles. The second-order valence-electron chi connectivity index (χ2n) is 5.44. The molecule has 0 aromatic rings. The monoisotopic (exact) mass is 224 g/mol. The molecule has 1 rings (SSSR count). The lowest BCUT2D eigenvalue weighted by atomic mass is 10.1. The van der Waals surface area contributed by atoms with Crippen LogP contribution in [-0.4, -0.2) is 35.5 Å². The van der Waals surface area contributed by atoms with Crippen molar-refractivity contribution in [3.05, 3.63) is 12.7 Å². The summed E-state index contributed by atoms with van der Waals surface area (Å²) in [6.07, 6.45) is 4.91. The number of carbonyl (C=O) groups excluding carboxylic acids is 1. The molecule has 92 valence electrons. The van der Waals surface area contributed by atoms with Crippen molar-refractivity contribution in [3.8, 4) is 0 Å². The van der Waals surface area contributed by atoms with Crippen molar-refractivity contribution in [2.24, 2.45) is 0 Å². The molecule has 1 aliphatic carbocycles. The Morgan fingerprint density at radius 3 is 2.56 bits per heavy atom. The Labute approximate surface area is 98.9 Å². The van der Waals surface area contributed by atoms with Gasteiger partial charge in [0, 0.05) is 31.1 Å². The lowest BCUT2D eigenvalue weighted by Crippen LogP contribution is -2.46. The number of hydrogen-bond donors (Lipinski definition) is 1. The minimum atomic E-state index is -0.120. The standard InChI is InChI=1S/C13H24N2O/c1-5-10-15(13(2,3)4)12(16)8-9-14-11-6-7-11/h5,11,14H,1,6-10H2,2-4H3. The number of nitrogens with one attached hydrogen (secondary N) is 1. The molecule has 3 heteroatoms. The summed E-state index contributed by atoms with van der Waals surface area (Å²) in [5.41, 5.74) is -0.120. The Balaban J connectivity index is 2.36. The average Bonchev–Trinajstić information content (AvgIpc) is 2.95. The van der Waals surface area contributed by atoms with Gasteiger partial charge in [-0.1, -0.05) is 6.08 Å². The van der Waals surface area contributed by atoms with E-state index in [0.717, 1.165) is 6.54 Å². The molecule has 0 radical (unpaired) electrons. The topological polar surface area (TPSA) is 32.3 Å². The Morgan fingerprint density at radius 1 is 1.50 bits per heavy atom. The predicted molar refractivity (Wildman–Crippen MR) is 67.3 cm³/mol. The highest BCUT2D eigenvalue weighted by molar-refractivity contribution is 5.77. The van der Waals surface area contributed by atoms with Gasteiger partial charge in [-0.25, -0.2) is 0 Å². The van der Waals surface area contributed by atoms with Gasteiger partial charge in [-0.15, -0.1) is 6.58 Å². The molecule has 0 unspecified atom stereocenters. The maximum absolute atomic E-state index is 12.0. The van der Waals surface area contributed by atoms with Gasteiger partial charge >= 0.3 is 0 Å². The van der Waals surface area contributed by atoms with Crippen LogP contribution in [0.1, 0.15) is 40.0 Å². The number of nitrogens with zero attached hydrogens (tertiary/aromatic N) is 1. The van der Waals surface area contributed by atoms with Crippen LogP contribution in [0, 0.1) is 0 Å². The molecule has 0 heterocycles. The van der Waals surface area contributed by atoms with E-state index < -0.39 is 0 Å². The van der Waals surface area contributed by atoms with Crippen LogP contribution in [-0.2, 0) is 4.79 Å². The molecule has 1 fully saturated rings. The third-order valence-corrected chi connectivity index (χ3v) is 2.77. The summed E-state index contributed by atoms with van der Waals surface area (Å²) in [6.45, 7) is 11.3. The fourth-order valence-electron chi connectivity index (χ4n) is 1.68. The van der Waals surface area contributed by atoms with Gasteiger partial charge in [-0.2, -0.15) is 0 Å². The molecule has 0 spiro atoms. The van der Waals surface area contributed by atoms with Crippen LogP contribution in [0.25, 0.3) is 0 Å². The highest BCUT2D eigenvalue weighted by atomic mass is 16.2. The minimum Gasteiger partial charge on any atom is -0.334 e. The fourth-order valence-corrected chi connectivity index (χ4v) is 1.68. The van der Waals surface area contributed by atoms with Gasteiger partial charge in [0.25, 0.3) is 0 Å². The summed E-state index contributed by atoms with van der Waals surface area (Å²) in [5, 5.41) is 3.36. The first kappa shape index (κ1) is 13.2. The van der Waals surface area contributed by atoms with E-state index in [4.69, 9.17) is 0 Å². The molecule has 3 nitrogen and oxygen atoms in total. The van der Waals surface area contributed by atoms with Crippen LogP contribution in [0.2, 0.25) is 0 Å². The van der Waals surface area contributed by atoms with Gasteiger partial charge in [0.15, 0.2) is 0 Å². The molecule has 0 atom stereocenters. The number of rotatable bonds is 6. The Hall–Kier alpha value is -0.830. The first-order valence-corrected chi connectivity index (χ1v) is 6.10. The summed E-state index contributed by atoms with van der Waals surface area (Å²) in [7, 11) is 0. The van der Waals surface area contributed by atoms with Crippen LogP contribution in [0.4, 0.5) is 0 Å². The van der Waals surface area contributed by atoms with Gasteiger partial charge in [0.2, 0.25) is 5.91 Å². The fraction of sp³-hybridized carbons (Fsp3) is 0.769. The second kappa shape index (κ2) is 5.48. The molecule has 1 N–H and O–H groups in total. The van der Waals surface area contributed by atoms with Crippen LogP contribution in [0.5, 0.6) is 0 Å². The zero-order chi connectivity index (χ0) is 12.2. The first-order chi connectivity index (χ1) is 7.45. The Bertz CT molecular complexity index is 251. The van der Waals surface area contributed by atoms with Crippen molar-refractivity contribution in [3.63, 3.8) is 0 Å². The lowest BCUT2D eigenvalue weighted by molar-refractivity contribution is -0.135. The zero-order valence-electron chi connectivity index (χ0n) is 10.8. The SMILES string of the molecule is C=CCN(C(=O)CCNC1CC1)C(C)(C)C. The van der Waals surface area contributed by atoms with E-state index in [1.807, 2.05) is 4.90 Å². The quantitative estimate of drug-likeness (QED) is 0.699. The molecular weight excluding hydrogens is 200 g/mol. The maximum Gasteiger partial charge on any atom is 0.224 e. The molecule has 1 amide bonds. The van der Waals surface area contributed by atoms with Gasteiger partial charge in [0.05, 0.1) is 0 Å². The number of amides is 1. The van der Waals surface area contributed by atoms with E-state index in [0.29, 0.717) is 19.0 Å². The van der Waals surface area contributed by atoms with E-state index >= 15 is 0 Å². The summed E-state index contributed by atoms with van der Waals surface area (Å²) < 4.78 is 0. The molecule has 1 aliphatic rings. The molecule has 0 saturated heterocycles. The normalized spacial score (nSPS) is 15.9. The van der Waals surface area contributed by atoms with Crippen LogP contribution in [0.3, 0.4) is 0 Å². The van der Waals surface area contributed by atoms with Gasteiger partial charge in [-0.3, -0.25) is 4.79 Å². The Morgan fingerprint density at radius 2 is 2.12 bits per heavy atom. The van der Waals surface area contributed by atoms with Gasteiger partial charge < -0.3 is 10.2 Å². The zero-order valence-corrected chi connectivity index (χ0v) is 10.8. The van der Waals surface area contributed by atoms with Crippen molar-refractivity contribution in [1.29, 1.82) is 0 Å². The van der Waals surface area contributed by atoms with Gasteiger partial charge in [0.1, 0.15) is 0 Å². The van der Waals surface area contributed by atoms with Crippen LogP contribution < -0.4 is 5.32 Å².